The second-order valence-corrected chi connectivity index (χ2v) is 7.35. The molecule has 1 aliphatic rings. The summed E-state index contributed by atoms with van der Waals surface area (Å²) in [6.07, 6.45) is 0.378. The fraction of sp³-hybridized carbons (Fsp3) is 0.500. The summed E-state index contributed by atoms with van der Waals surface area (Å²) in [7, 11) is -2.07. The Kier molecular flexibility index (Phi) is 4.86. The molecule has 2 rings (SSSR count). The Morgan fingerprint density at radius 1 is 1.27 bits per heavy atom. The number of hydrogen-bond acceptors (Lipinski definition) is 5. The standard InChI is InChI=1S/C14H20N2O5S/c1-15-22(20,21)12-4-2-11(3-5-12)10-16-8-6-14(19,7-9-16)13(17)18/h2-5,15,19H,6-10H2,1H3,(H,17,18). The van der Waals surface area contributed by atoms with Crippen LogP contribution in [0.4, 0.5) is 0 Å². The van der Waals surface area contributed by atoms with Gasteiger partial charge < -0.3 is 10.2 Å². The molecule has 0 saturated carbocycles. The van der Waals surface area contributed by atoms with Crippen molar-refractivity contribution in [1.29, 1.82) is 0 Å². The summed E-state index contributed by atoms with van der Waals surface area (Å²) in [6.45, 7) is 1.56. The summed E-state index contributed by atoms with van der Waals surface area (Å²) in [4.78, 5) is 13.2. The minimum absolute atomic E-state index is 0.189. The maximum Gasteiger partial charge on any atom is 0.335 e. The predicted octanol–water partition coefficient (Wildman–Crippen LogP) is 0.00620. The lowest BCUT2D eigenvalue weighted by Gasteiger charge is -2.35. The van der Waals surface area contributed by atoms with E-state index in [1.54, 1.807) is 24.3 Å². The molecule has 22 heavy (non-hydrogen) atoms. The van der Waals surface area contributed by atoms with Crippen LogP contribution in [0.1, 0.15) is 18.4 Å². The average Bonchev–Trinajstić information content (AvgIpc) is 2.50. The smallest absolute Gasteiger partial charge is 0.335 e. The van der Waals surface area contributed by atoms with Gasteiger partial charge in [0.1, 0.15) is 0 Å². The van der Waals surface area contributed by atoms with E-state index in [9.17, 15) is 18.3 Å². The van der Waals surface area contributed by atoms with Crippen molar-refractivity contribution in [2.75, 3.05) is 20.1 Å². The number of likely N-dealkylation sites (tertiary alicyclic amines) is 1. The molecule has 0 amide bonds. The van der Waals surface area contributed by atoms with Gasteiger partial charge in [0.25, 0.3) is 0 Å². The summed E-state index contributed by atoms with van der Waals surface area (Å²) in [6, 6.07) is 6.56. The molecule has 1 fully saturated rings. The average molecular weight is 328 g/mol. The highest BCUT2D eigenvalue weighted by molar-refractivity contribution is 7.89. The summed E-state index contributed by atoms with van der Waals surface area (Å²) >= 11 is 0. The van der Waals surface area contributed by atoms with Gasteiger partial charge in [-0.1, -0.05) is 12.1 Å². The van der Waals surface area contributed by atoms with Crippen molar-refractivity contribution in [3.8, 4) is 0 Å². The molecular formula is C14H20N2O5S. The summed E-state index contributed by atoms with van der Waals surface area (Å²) in [5, 5.41) is 18.9. The molecule has 122 valence electrons. The first-order valence-corrected chi connectivity index (χ1v) is 8.46. The molecule has 0 radical (unpaired) electrons. The maximum absolute atomic E-state index is 11.6. The van der Waals surface area contributed by atoms with Crippen LogP contribution in [-0.2, 0) is 21.4 Å². The number of nitrogens with zero attached hydrogens (tertiary/aromatic N) is 1. The van der Waals surface area contributed by atoms with Crippen molar-refractivity contribution in [1.82, 2.24) is 9.62 Å². The highest BCUT2D eigenvalue weighted by Gasteiger charge is 2.39. The van der Waals surface area contributed by atoms with Crippen LogP contribution >= 0.6 is 0 Å². The first kappa shape index (κ1) is 16.9. The van der Waals surface area contributed by atoms with E-state index in [4.69, 9.17) is 5.11 Å². The molecule has 1 aliphatic heterocycles. The van der Waals surface area contributed by atoms with Crippen molar-refractivity contribution in [2.45, 2.75) is 29.9 Å². The number of carboxylic acid groups (broad SMARTS) is 1. The molecule has 1 heterocycles. The molecule has 7 nitrogen and oxygen atoms in total. The number of rotatable bonds is 5. The van der Waals surface area contributed by atoms with Gasteiger partial charge >= 0.3 is 5.97 Å². The molecule has 0 atom stereocenters. The minimum atomic E-state index is -3.43. The van der Waals surface area contributed by atoms with Gasteiger partial charge in [-0.15, -0.1) is 0 Å². The Labute approximate surface area is 129 Å². The number of aliphatic hydroxyl groups is 1. The number of aliphatic carboxylic acids is 1. The van der Waals surface area contributed by atoms with Gasteiger partial charge in [0.05, 0.1) is 4.90 Å². The van der Waals surface area contributed by atoms with Gasteiger partial charge in [-0.25, -0.2) is 17.9 Å². The third-order valence-corrected chi connectivity index (χ3v) is 5.42. The number of piperidine rings is 1. The molecule has 3 N–H and O–H groups in total. The molecule has 0 aliphatic carbocycles. The molecule has 0 aromatic heterocycles. The van der Waals surface area contributed by atoms with Crippen LogP contribution in [0.25, 0.3) is 0 Å². The van der Waals surface area contributed by atoms with Gasteiger partial charge in [-0.3, -0.25) is 4.90 Å². The van der Waals surface area contributed by atoms with E-state index in [0.717, 1.165) is 5.56 Å². The molecule has 8 heteroatoms. The summed E-state index contributed by atoms with van der Waals surface area (Å²) in [5.74, 6) is -1.17. The fourth-order valence-electron chi connectivity index (χ4n) is 2.44. The van der Waals surface area contributed by atoms with Crippen molar-refractivity contribution in [2.24, 2.45) is 0 Å². The quantitative estimate of drug-likeness (QED) is 0.703. The first-order valence-electron chi connectivity index (χ1n) is 6.97. The maximum atomic E-state index is 11.6. The fourth-order valence-corrected chi connectivity index (χ4v) is 3.18. The Morgan fingerprint density at radius 2 is 1.82 bits per heavy atom. The second kappa shape index (κ2) is 6.33. The molecule has 1 aromatic carbocycles. The zero-order valence-electron chi connectivity index (χ0n) is 12.3. The highest BCUT2D eigenvalue weighted by Crippen LogP contribution is 2.23. The van der Waals surface area contributed by atoms with E-state index in [1.807, 2.05) is 4.90 Å². The van der Waals surface area contributed by atoms with E-state index in [2.05, 4.69) is 4.72 Å². The van der Waals surface area contributed by atoms with E-state index < -0.39 is 21.6 Å². The monoisotopic (exact) mass is 328 g/mol. The number of carboxylic acids is 1. The van der Waals surface area contributed by atoms with Crippen molar-refractivity contribution >= 4 is 16.0 Å². The Bertz CT molecular complexity index is 634. The van der Waals surface area contributed by atoms with Crippen molar-refractivity contribution < 1.29 is 23.4 Å². The van der Waals surface area contributed by atoms with E-state index in [1.165, 1.54) is 7.05 Å². The third-order valence-electron chi connectivity index (χ3n) is 3.99. The molecule has 1 aromatic rings. The lowest BCUT2D eigenvalue weighted by Crippen LogP contribution is -2.49. The second-order valence-electron chi connectivity index (χ2n) is 5.46. The van der Waals surface area contributed by atoms with Crippen LogP contribution in [0.3, 0.4) is 0 Å². The number of benzene rings is 1. The van der Waals surface area contributed by atoms with Gasteiger partial charge in [0.2, 0.25) is 10.0 Å². The lowest BCUT2D eigenvalue weighted by molar-refractivity contribution is -0.163. The van der Waals surface area contributed by atoms with Gasteiger partial charge in [-0.2, -0.15) is 0 Å². The third kappa shape index (κ3) is 3.64. The SMILES string of the molecule is CNS(=O)(=O)c1ccc(CN2CCC(O)(C(=O)O)CC2)cc1. The highest BCUT2D eigenvalue weighted by atomic mass is 32.2. The van der Waals surface area contributed by atoms with E-state index in [-0.39, 0.29) is 17.7 Å². The van der Waals surface area contributed by atoms with Crippen LogP contribution in [-0.4, -0.2) is 55.2 Å². The summed E-state index contributed by atoms with van der Waals surface area (Å²) < 4.78 is 25.5. The largest absolute Gasteiger partial charge is 0.479 e. The topological polar surface area (TPSA) is 107 Å². The van der Waals surface area contributed by atoms with Crippen LogP contribution in [0.5, 0.6) is 0 Å². The summed E-state index contributed by atoms with van der Waals surface area (Å²) in [5.41, 5.74) is -0.683. The van der Waals surface area contributed by atoms with Crippen LogP contribution in [0.2, 0.25) is 0 Å². The molecule has 0 spiro atoms. The number of nitrogens with one attached hydrogen (secondary N) is 1. The Morgan fingerprint density at radius 3 is 2.27 bits per heavy atom. The van der Waals surface area contributed by atoms with Gasteiger partial charge in [0.15, 0.2) is 5.60 Å². The minimum Gasteiger partial charge on any atom is -0.479 e. The lowest BCUT2D eigenvalue weighted by atomic mass is 9.91. The molecule has 0 bridgehead atoms. The Balaban J connectivity index is 1.97. The molecule has 0 unspecified atom stereocenters. The van der Waals surface area contributed by atoms with Crippen LogP contribution in [0, 0.1) is 0 Å². The molecular weight excluding hydrogens is 308 g/mol. The first-order chi connectivity index (χ1) is 10.3. The van der Waals surface area contributed by atoms with Crippen molar-refractivity contribution in [3.05, 3.63) is 29.8 Å². The predicted molar refractivity (Wildman–Crippen MR) is 79.8 cm³/mol. The van der Waals surface area contributed by atoms with Crippen LogP contribution < -0.4 is 4.72 Å². The zero-order chi connectivity index (χ0) is 16.4. The molecule has 1 saturated heterocycles. The van der Waals surface area contributed by atoms with E-state index >= 15 is 0 Å². The number of hydrogen-bond donors (Lipinski definition) is 3. The Hall–Kier alpha value is -1.48. The number of carbonyl (C=O) groups is 1. The van der Waals surface area contributed by atoms with Gasteiger partial charge in [0, 0.05) is 19.6 Å². The van der Waals surface area contributed by atoms with Crippen molar-refractivity contribution in [3.63, 3.8) is 0 Å². The zero-order valence-corrected chi connectivity index (χ0v) is 13.1. The number of sulfonamides is 1. The van der Waals surface area contributed by atoms with Gasteiger partial charge in [-0.05, 0) is 37.6 Å². The normalized spacial score (nSPS) is 19.0. The van der Waals surface area contributed by atoms with E-state index in [0.29, 0.717) is 19.6 Å². The van der Waals surface area contributed by atoms with Crippen LogP contribution in [0.15, 0.2) is 29.2 Å².